The second-order valence-corrected chi connectivity index (χ2v) is 4.35. The molecule has 0 atom stereocenters. The lowest BCUT2D eigenvalue weighted by Gasteiger charge is -2.08. The molecule has 0 amide bonds. The van der Waals surface area contributed by atoms with Gasteiger partial charge < -0.3 is 14.6 Å². The fourth-order valence-corrected chi connectivity index (χ4v) is 1.85. The Kier molecular flexibility index (Phi) is 4.84. The van der Waals surface area contributed by atoms with Gasteiger partial charge in [0, 0.05) is 13.5 Å². The molecule has 2 rings (SSSR count). The summed E-state index contributed by atoms with van der Waals surface area (Å²) in [5, 5.41) is 7.03. The number of ether oxygens (including phenoxy) is 1. The van der Waals surface area contributed by atoms with Gasteiger partial charge in [-0.2, -0.15) is 4.98 Å². The predicted molar refractivity (Wildman–Crippen MR) is 71.7 cm³/mol. The van der Waals surface area contributed by atoms with Gasteiger partial charge in [-0.25, -0.2) is 0 Å². The summed E-state index contributed by atoms with van der Waals surface area (Å²) >= 11 is 0. The van der Waals surface area contributed by atoms with Crippen molar-refractivity contribution < 1.29 is 14.1 Å². The van der Waals surface area contributed by atoms with Gasteiger partial charge in [0.2, 0.25) is 5.89 Å². The smallest absolute Gasteiger partial charge is 0.309 e. The van der Waals surface area contributed by atoms with Gasteiger partial charge in [0.15, 0.2) is 5.82 Å². The average molecular weight is 275 g/mol. The number of nitrogens with one attached hydrogen (secondary N) is 1. The molecule has 2 aromatic rings. The number of carbonyl (C=O) groups is 1. The van der Waals surface area contributed by atoms with E-state index in [2.05, 4.69) is 15.5 Å². The van der Waals surface area contributed by atoms with Crippen LogP contribution in [0.15, 0.2) is 28.8 Å². The summed E-state index contributed by atoms with van der Waals surface area (Å²) in [6.07, 6.45) is 0.273. The Hall–Kier alpha value is -2.21. The number of esters is 1. The normalized spacial score (nSPS) is 10.5. The van der Waals surface area contributed by atoms with E-state index in [9.17, 15) is 4.79 Å². The minimum atomic E-state index is -0.244. The minimum Gasteiger partial charge on any atom is -0.469 e. The number of rotatable bonds is 6. The number of hydrogen-bond acceptors (Lipinski definition) is 6. The molecule has 0 aliphatic heterocycles. The van der Waals surface area contributed by atoms with Gasteiger partial charge >= 0.3 is 5.97 Å². The topological polar surface area (TPSA) is 77.2 Å². The Morgan fingerprint density at radius 3 is 2.70 bits per heavy atom. The van der Waals surface area contributed by atoms with E-state index < -0.39 is 0 Å². The van der Waals surface area contributed by atoms with Crippen LogP contribution in [0.2, 0.25) is 0 Å². The monoisotopic (exact) mass is 275 g/mol. The van der Waals surface area contributed by atoms with Gasteiger partial charge in [-0.15, -0.1) is 0 Å². The fourth-order valence-electron chi connectivity index (χ4n) is 1.85. The summed E-state index contributed by atoms with van der Waals surface area (Å²) in [6.45, 7) is 2.90. The second-order valence-electron chi connectivity index (χ2n) is 4.35. The lowest BCUT2D eigenvalue weighted by Crippen LogP contribution is -2.16. The molecular weight excluding hydrogens is 258 g/mol. The van der Waals surface area contributed by atoms with Crippen LogP contribution in [-0.2, 0) is 29.0 Å². The van der Waals surface area contributed by atoms with Crippen LogP contribution >= 0.6 is 0 Å². The number of hydrogen-bond donors (Lipinski definition) is 1. The first kappa shape index (κ1) is 14.2. The first-order valence-corrected chi connectivity index (χ1v) is 6.32. The Morgan fingerprint density at radius 1 is 1.30 bits per heavy atom. The van der Waals surface area contributed by atoms with Crippen LogP contribution in [0.25, 0.3) is 0 Å². The number of aryl methyl sites for hydroxylation is 1. The number of carbonyl (C=O) groups excluding carboxylic acids is 1. The molecule has 0 radical (unpaired) electrons. The molecule has 0 aliphatic rings. The first-order valence-electron chi connectivity index (χ1n) is 6.32. The summed E-state index contributed by atoms with van der Waals surface area (Å²) in [4.78, 5) is 15.5. The highest BCUT2D eigenvalue weighted by Crippen LogP contribution is 2.10. The molecule has 1 aromatic heterocycles. The maximum absolute atomic E-state index is 11.4. The van der Waals surface area contributed by atoms with Gasteiger partial charge in [0.05, 0.1) is 20.1 Å². The van der Waals surface area contributed by atoms with Crippen molar-refractivity contribution in [3.63, 3.8) is 0 Å². The molecule has 0 aliphatic carbocycles. The number of aromatic nitrogens is 2. The highest BCUT2D eigenvalue weighted by Gasteiger charge is 2.08. The third kappa shape index (κ3) is 3.89. The van der Waals surface area contributed by atoms with Crippen LogP contribution in [0.1, 0.15) is 22.8 Å². The van der Waals surface area contributed by atoms with Crippen molar-refractivity contribution in [2.75, 3.05) is 7.11 Å². The third-order valence-corrected chi connectivity index (χ3v) is 2.85. The van der Waals surface area contributed by atoms with E-state index in [0.29, 0.717) is 24.8 Å². The standard InChI is InChI=1S/C14H17N3O3/c1-10-16-13(17-20-10)9-15-8-12-6-4-3-5-11(12)7-14(18)19-2/h3-6,15H,7-9H2,1-2H3. The maximum Gasteiger partial charge on any atom is 0.309 e. The fraction of sp³-hybridized carbons (Fsp3) is 0.357. The Balaban J connectivity index is 1.93. The molecule has 20 heavy (non-hydrogen) atoms. The molecule has 0 saturated heterocycles. The zero-order chi connectivity index (χ0) is 14.4. The number of nitrogens with zero attached hydrogens (tertiary/aromatic N) is 2. The quantitative estimate of drug-likeness (QED) is 0.803. The second kappa shape index (κ2) is 6.81. The van der Waals surface area contributed by atoms with E-state index in [-0.39, 0.29) is 12.4 Å². The average Bonchev–Trinajstić information content (AvgIpc) is 2.86. The SMILES string of the molecule is COC(=O)Cc1ccccc1CNCc1noc(C)n1. The van der Waals surface area contributed by atoms with Crippen molar-refractivity contribution in [1.29, 1.82) is 0 Å². The molecule has 0 bridgehead atoms. The maximum atomic E-state index is 11.4. The van der Waals surface area contributed by atoms with E-state index in [1.807, 2.05) is 24.3 Å². The van der Waals surface area contributed by atoms with E-state index in [1.54, 1.807) is 6.92 Å². The molecule has 1 heterocycles. The van der Waals surface area contributed by atoms with Crippen molar-refractivity contribution in [2.45, 2.75) is 26.4 Å². The highest BCUT2D eigenvalue weighted by atomic mass is 16.5. The molecule has 0 fully saturated rings. The lowest BCUT2D eigenvalue weighted by molar-refractivity contribution is -0.139. The molecule has 1 N–H and O–H groups in total. The van der Waals surface area contributed by atoms with Crippen LogP contribution < -0.4 is 5.32 Å². The Bertz CT molecular complexity index is 581. The zero-order valence-electron chi connectivity index (χ0n) is 11.5. The van der Waals surface area contributed by atoms with Crippen molar-refractivity contribution in [3.05, 3.63) is 47.1 Å². The third-order valence-electron chi connectivity index (χ3n) is 2.85. The number of methoxy groups -OCH3 is 1. The molecular formula is C14H17N3O3. The van der Waals surface area contributed by atoms with Crippen LogP contribution in [0, 0.1) is 6.92 Å². The van der Waals surface area contributed by atoms with Crippen molar-refractivity contribution in [2.24, 2.45) is 0 Å². The van der Waals surface area contributed by atoms with Gasteiger partial charge in [-0.3, -0.25) is 4.79 Å². The van der Waals surface area contributed by atoms with Crippen LogP contribution in [0.5, 0.6) is 0 Å². The Labute approximate surface area is 117 Å². The van der Waals surface area contributed by atoms with Crippen LogP contribution in [-0.4, -0.2) is 23.2 Å². The molecule has 6 heteroatoms. The molecule has 0 saturated carbocycles. The van der Waals surface area contributed by atoms with Gasteiger partial charge in [-0.05, 0) is 11.1 Å². The molecule has 6 nitrogen and oxygen atoms in total. The van der Waals surface area contributed by atoms with Gasteiger partial charge in [0.1, 0.15) is 0 Å². The van der Waals surface area contributed by atoms with Gasteiger partial charge in [0.25, 0.3) is 0 Å². The lowest BCUT2D eigenvalue weighted by atomic mass is 10.0. The number of benzene rings is 1. The molecule has 0 unspecified atom stereocenters. The van der Waals surface area contributed by atoms with Crippen molar-refractivity contribution in [3.8, 4) is 0 Å². The van der Waals surface area contributed by atoms with Crippen LogP contribution in [0.4, 0.5) is 0 Å². The highest BCUT2D eigenvalue weighted by molar-refractivity contribution is 5.72. The molecule has 1 aromatic carbocycles. The Morgan fingerprint density at radius 2 is 2.05 bits per heavy atom. The van der Waals surface area contributed by atoms with E-state index in [4.69, 9.17) is 9.26 Å². The summed E-state index contributed by atoms with van der Waals surface area (Å²) in [5.41, 5.74) is 2.01. The van der Waals surface area contributed by atoms with Crippen molar-refractivity contribution in [1.82, 2.24) is 15.5 Å². The summed E-state index contributed by atoms with van der Waals surface area (Å²) < 4.78 is 9.59. The van der Waals surface area contributed by atoms with E-state index in [1.165, 1.54) is 7.11 Å². The zero-order valence-corrected chi connectivity index (χ0v) is 11.5. The van der Waals surface area contributed by atoms with Crippen molar-refractivity contribution >= 4 is 5.97 Å². The predicted octanol–water partition coefficient (Wildman–Crippen LogP) is 1.38. The first-order chi connectivity index (χ1) is 9.69. The summed E-state index contributed by atoms with van der Waals surface area (Å²) in [5.74, 6) is 0.923. The van der Waals surface area contributed by atoms with E-state index in [0.717, 1.165) is 11.1 Å². The summed E-state index contributed by atoms with van der Waals surface area (Å²) in [7, 11) is 1.39. The van der Waals surface area contributed by atoms with Gasteiger partial charge in [-0.1, -0.05) is 29.4 Å². The minimum absolute atomic E-state index is 0.244. The summed E-state index contributed by atoms with van der Waals surface area (Å²) in [6, 6.07) is 7.75. The molecule has 0 spiro atoms. The largest absolute Gasteiger partial charge is 0.469 e. The van der Waals surface area contributed by atoms with E-state index >= 15 is 0 Å². The van der Waals surface area contributed by atoms with Crippen LogP contribution in [0.3, 0.4) is 0 Å². The molecule has 106 valence electrons.